The summed E-state index contributed by atoms with van der Waals surface area (Å²) in [5.74, 6) is -0.174. The van der Waals surface area contributed by atoms with E-state index in [9.17, 15) is 28.8 Å². The van der Waals surface area contributed by atoms with Gasteiger partial charge >= 0.3 is 0 Å². The van der Waals surface area contributed by atoms with Gasteiger partial charge in [0.1, 0.15) is 22.7 Å². The van der Waals surface area contributed by atoms with Crippen LogP contribution in [-0.4, -0.2) is 39.3 Å². The number of phenols is 2. The van der Waals surface area contributed by atoms with Gasteiger partial charge in [0.25, 0.3) is 0 Å². The van der Waals surface area contributed by atoms with Crippen molar-refractivity contribution in [3.63, 3.8) is 0 Å². The van der Waals surface area contributed by atoms with Crippen molar-refractivity contribution in [1.29, 1.82) is 0 Å². The number of phenolic OH excluding ortho intramolecular Hbond substituents is 2. The molecular formula is C26H26O6S. The molecule has 0 heterocycles. The third-order valence-corrected chi connectivity index (χ3v) is 8.58. The maximum Gasteiger partial charge on any atom is 0.170 e. The van der Waals surface area contributed by atoms with Gasteiger partial charge in [-0.05, 0) is 49.3 Å². The quantitative estimate of drug-likeness (QED) is 0.514. The van der Waals surface area contributed by atoms with Gasteiger partial charge in [0.2, 0.25) is 0 Å². The molecule has 0 aliphatic heterocycles. The second-order valence-corrected chi connectivity index (χ2v) is 10.8. The van der Waals surface area contributed by atoms with E-state index >= 15 is 0 Å². The molecule has 33 heavy (non-hydrogen) atoms. The van der Waals surface area contributed by atoms with Gasteiger partial charge in [-0.1, -0.05) is 60.7 Å². The predicted molar refractivity (Wildman–Crippen MR) is 126 cm³/mol. The minimum atomic E-state index is -3.81. The topological polar surface area (TPSA) is 115 Å². The van der Waals surface area contributed by atoms with Crippen molar-refractivity contribution in [2.75, 3.05) is 0 Å². The highest BCUT2D eigenvalue weighted by atomic mass is 32.2. The second kappa shape index (κ2) is 8.02. The average Bonchev–Trinajstić information content (AvgIpc) is 2.78. The molecule has 172 valence electrons. The molecule has 0 amide bonds. The second-order valence-electron chi connectivity index (χ2n) is 8.50. The first-order chi connectivity index (χ1) is 15.5. The molecular weight excluding hydrogens is 440 g/mol. The number of hydrogen-bond donors (Lipinski definition) is 4. The Morgan fingerprint density at radius 3 is 1.39 bits per heavy atom. The molecule has 0 spiro atoms. The van der Waals surface area contributed by atoms with Gasteiger partial charge in [0.15, 0.2) is 9.84 Å². The van der Waals surface area contributed by atoms with Crippen LogP contribution in [0.4, 0.5) is 0 Å². The summed E-state index contributed by atoms with van der Waals surface area (Å²) in [6.45, 7) is 3.24. The number of rotatable bonds is 4. The van der Waals surface area contributed by atoms with Crippen LogP contribution in [0.25, 0.3) is 0 Å². The first-order valence-corrected chi connectivity index (χ1v) is 12.1. The molecule has 0 radical (unpaired) electrons. The van der Waals surface area contributed by atoms with Gasteiger partial charge in [-0.15, -0.1) is 0 Å². The third kappa shape index (κ3) is 3.72. The molecule has 0 bridgehead atoms. The molecule has 6 nitrogen and oxygen atoms in total. The van der Waals surface area contributed by atoms with E-state index in [0.29, 0.717) is 11.1 Å². The van der Waals surface area contributed by atoms with Crippen LogP contribution in [0.5, 0.6) is 11.5 Å². The Morgan fingerprint density at radius 2 is 1.06 bits per heavy atom. The summed E-state index contributed by atoms with van der Waals surface area (Å²) in [6.07, 6.45) is 8.55. The van der Waals surface area contributed by atoms with Crippen molar-refractivity contribution in [1.82, 2.24) is 0 Å². The molecule has 0 saturated carbocycles. The Morgan fingerprint density at radius 1 is 0.697 bits per heavy atom. The smallest absolute Gasteiger partial charge is 0.170 e. The van der Waals surface area contributed by atoms with Crippen molar-refractivity contribution in [2.45, 2.75) is 35.5 Å². The lowest BCUT2D eigenvalue weighted by molar-refractivity contribution is 0.124. The van der Waals surface area contributed by atoms with Gasteiger partial charge in [-0.25, -0.2) is 8.42 Å². The predicted octanol–water partition coefficient (Wildman–Crippen LogP) is 3.36. The molecule has 0 saturated heterocycles. The zero-order chi connectivity index (χ0) is 24.0. The summed E-state index contributed by atoms with van der Waals surface area (Å²) < 4.78 is 26.8. The van der Waals surface area contributed by atoms with E-state index in [0.717, 1.165) is 0 Å². The van der Waals surface area contributed by atoms with Crippen LogP contribution in [0.2, 0.25) is 0 Å². The van der Waals surface area contributed by atoms with Crippen molar-refractivity contribution >= 4 is 9.84 Å². The summed E-state index contributed by atoms with van der Waals surface area (Å²) in [5, 5.41) is 40.6. The SMILES string of the molecule is CC1=CC(S(=O)(=O)C2C=CC(O)(c3ccccc3O)C(C)=C2)C=CC1(O)c1ccccc1O. The fraction of sp³-hybridized carbons (Fsp3) is 0.231. The highest BCUT2D eigenvalue weighted by Crippen LogP contribution is 2.42. The molecule has 4 N–H and O–H groups in total. The van der Waals surface area contributed by atoms with Crippen molar-refractivity contribution in [3.8, 4) is 11.5 Å². The lowest BCUT2D eigenvalue weighted by Gasteiger charge is -2.34. The fourth-order valence-corrected chi connectivity index (χ4v) is 6.12. The molecule has 7 heteroatoms. The van der Waals surface area contributed by atoms with E-state index in [1.165, 1.54) is 48.6 Å². The summed E-state index contributed by atoms with van der Waals surface area (Å²) in [5.41, 5.74) is -1.93. The molecule has 2 aromatic rings. The van der Waals surface area contributed by atoms with Gasteiger partial charge in [0.05, 0.1) is 10.5 Å². The van der Waals surface area contributed by atoms with Gasteiger partial charge < -0.3 is 20.4 Å². The van der Waals surface area contributed by atoms with E-state index in [2.05, 4.69) is 0 Å². The Kier molecular flexibility index (Phi) is 5.60. The molecule has 4 atom stereocenters. The zero-order valence-corrected chi connectivity index (χ0v) is 19.1. The summed E-state index contributed by atoms with van der Waals surface area (Å²) >= 11 is 0. The van der Waals surface area contributed by atoms with Gasteiger partial charge in [0, 0.05) is 11.1 Å². The average molecular weight is 467 g/mol. The largest absolute Gasteiger partial charge is 0.508 e. The molecule has 0 fully saturated rings. The Bertz CT molecular complexity index is 1220. The number of aliphatic hydroxyl groups is 2. The number of hydrogen-bond acceptors (Lipinski definition) is 6. The van der Waals surface area contributed by atoms with Crippen molar-refractivity contribution < 1.29 is 28.8 Å². The van der Waals surface area contributed by atoms with E-state index in [4.69, 9.17) is 0 Å². The standard InChI is InChI=1S/C26H26O6S/c1-17-15-19(11-13-25(17,29)21-7-3-5-9-23(21)27)33(31,32)20-12-14-26(30,18(2)16-20)22-8-4-6-10-24(22)28/h3-16,19-20,27-30H,1-2H3. The lowest BCUT2D eigenvalue weighted by Crippen LogP contribution is -2.37. The minimum Gasteiger partial charge on any atom is -0.508 e. The maximum atomic E-state index is 13.4. The molecule has 2 aliphatic carbocycles. The molecule has 0 aromatic heterocycles. The molecule has 4 unspecified atom stereocenters. The maximum absolute atomic E-state index is 13.4. The van der Waals surface area contributed by atoms with Crippen LogP contribution in [0.3, 0.4) is 0 Å². The first-order valence-electron chi connectivity index (χ1n) is 10.5. The van der Waals surface area contributed by atoms with Gasteiger partial charge in [-0.2, -0.15) is 0 Å². The third-order valence-electron chi connectivity index (χ3n) is 6.47. The minimum absolute atomic E-state index is 0.0871. The number of para-hydroxylation sites is 2. The summed E-state index contributed by atoms with van der Waals surface area (Å²) in [7, 11) is -3.81. The monoisotopic (exact) mass is 466 g/mol. The first kappa shape index (κ1) is 23.0. The Balaban J connectivity index is 1.65. The lowest BCUT2D eigenvalue weighted by atomic mass is 9.82. The van der Waals surface area contributed by atoms with Crippen LogP contribution in [0.1, 0.15) is 25.0 Å². The van der Waals surface area contributed by atoms with Crippen LogP contribution >= 0.6 is 0 Å². The molecule has 2 aliphatic rings. The van der Waals surface area contributed by atoms with E-state index in [1.807, 2.05) is 0 Å². The highest BCUT2D eigenvalue weighted by molar-refractivity contribution is 7.93. The summed E-state index contributed by atoms with van der Waals surface area (Å²) in [6, 6.07) is 12.7. The summed E-state index contributed by atoms with van der Waals surface area (Å²) in [4.78, 5) is 0. The van der Waals surface area contributed by atoms with Crippen LogP contribution < -0.4 is 0 Å². The van der Waals surface area contributed by atoms with Crippen LogP contribution in [0.15, 0.2) is 96.1 Å². The Hall–Kier alpha value is -3.13. The van der Waals surface area contributed by atoms with E-state index in [-0.39, 0.29) is 22.6 Å². The van der Waals surface area contributed by atoms with Crippen molar-refractivity contribution in [2.24, 2.45) is 0 Å². The molecule has 2 aromatic carbocycles. The van der Waals surface area contributed by atoms with Crippen LogP contribution in [0, 0.1) is 0 Å². The van der Waals surface area contributed by atoms with E-state index in [1.54, 1.807) is 50.2 Å². The number of sulfone groups is 1. The van der Waals surface area contributed by atoms with E-state index < -0.39 is 31.5 Å². The van der Waals surface area contributed by atoms with Crippen molar-refractivity contribution in [3.05, 3.63) is 107 Å². The zero-order valence-electron chi connectivity index (χ0n) is 18.3. The Labute approximate surface area is 193 Å². The van der Waals surface area contributed by atoms with Crippen LogP contribution in [-0.2, 0) is 21.0 Å². The fourth-order valence-electron chi connectivity index (χ4n) is 4.38. The van der Waals surface area contributed by atoms with Gasteiger partial charge in [-0.3, -0.25) is 0 Å². The highest BCUT2D eigenvalue weighted by Gasteiger charge is 2.41. The molecule has 4 rings (SSSR count). The number of aromatic hydroxyl groups is 2. The normalized spacial score (nSPS) is 29.5. The number of benzene rings is 2.